The minimum atomic E-state index is 0.00456. The van der Waals surface area contributed by atoms with Crippen LogP contribution in [0.2, 0.25) is 0 Å². The quantitative estimate of drug-likeness (QED) is 0.810. The molecular weight excluding hydrogens is 250 g/mol. The number of hydrogen-bond donors (Lipinski definition) is 2. The van der Waals surface area contributed by atoms with Crippen LogP contribution in [0, 0.1) is 0 Å². The number of fused-ring (bicyclic) bond motifs is 2. The van der Waals surface area contributed by atoms with Crippen LogP contribution in [-0.2, 0) is 0 Å². The molecule has 4 heteroatoms. The number of anilines is 1. The highest BCUT2D eigenvalue weighted by Gasteiger charge is 2.36. The van der Waals surface area contributed by atoms with Crippen LogP contribution >= 0.6 is 0 Å². The van der Waals surface area contributed by atoms with Crippen LogP contribution < -0.4 is 11.1 Å². The van der Waals surface area contributed by atoms with E-state index in [1.54, 1.807) is 12.1 Å². The first-order valence-electron chi connectivity index (χ1n) is 7.52. The van der Waals surface area contributed by atoms with Crippen molar-refractivity contribution < 1.29 is 4.79 Å². The predicted molar refractivity (Wildman–Crippen MR) is 80.5 cm³/mol. The van der Waals surface area contributed by atoms with Crippen molar-refractivity contribution in [2.24, 2.45) is 0 Å². The monoisotopic (exact) mass is 273 g/mol. The molecule has 2 aliphatic heterocycles. The number of nitrogens with one attached hydrogen (secondary N) is 1. The van der Waals surface area contributed by atoms with Crippen molar-refractivity contribution in [2.45, 2.75) is 50.2 Å². The maximum atomic E-state index is 12.3. The van der Waals surface area contributed by atoms with E-state index in [9.17, 15) is 4.79 Å². The number of nitrogens with zero attached hydrogens (tertiary/aromatic N) is 1. The van der Waals surface area contributed by atoms with Crippen LogP contribution in [0.15, 0.2) is 24.3 Å². The van der Waals surface area contributed by atoms with E-state index in [0.717, 1.165) is 12.8 Å². The smallest absolute Gasteiger partial charge is 0.251 e. The van der Waals surface area contributed by atoms with Gasteiger partial charge in [0.2, 0.25) is 0 Å². The average Bonchev–Trinajstić information content (AvgIpc) is 2.40. The van der Waals surface area contributed by atoms with Crippen molar-refractivity contribution in [3.05, 3.63) is 29.8 Å². The van der Waals surface area contributed by atoms with Gasteiger partial charge >= 0.3 is 0 Å². The van der Waals surface area contributed by atoms with Gasteiger partial charge in [-0.1, -0.05) is 12.5 Å². The second kappa shape index (κ2) is 5.44. The Morgan fingerprint density at radius 2 is 2.00 bits per heavy atom. The second-order valence-electron chi connectivity index (χ2n) is 6.17. The van der Waals surface area contributed by atoms with Crippen LogP contribution in [0.3, 0.4) is 0 Å². The third-order valence-electron chi connectivity index (χ3n) is 4.82. The summed E-state index contributed by atoms with van der Waals surface area (Å²) in [4.78, 5) is 14.8. The fraction of sp³-hybridized carbons (Fsp3) is 0.562. The maximum Gasteiger partial charge on any atom is 0.251 e. The van der Waals surface area contributed by atoms with Crippen LogP contribution in [0.25, 0.3) is 0 Å². The van der Waals surface area contributed by atoms with Gasteiger partial charge in [0.25, 0.3) is 5.91 Å². The number of amides is 1. The second-order valence-corrected chi connectivity index (χ2v) is 6.17. The molecule has 1 amide bonds. The van der Waals surface area contributed by atoms with Gasteiger partial charge in [0.1, 0.15) is 0 Å². The number of piperidine rings is 2. The van der Waals surface area contributed by atoms with Gasteiger partial charge in [-0.2, -0.15) is 0 Å². The van der Waals surface area contributed by atoms with E-state index >= 15 is 0 Å². The molecule has 2 heterocycles. The Kier molecular flexibility index (Phi) is 3.66. The molecule has 3 N–H and O–H groups in total. The van der Waals surface area contributed by atoms with E-state index in [2.05, 4.69) is 17.3 Å². The number of carbonyl (C=O) groups excluding carboxylic acids is 1. The molecule has 2 bridgehead atoms. The molecule has 0 radical (unpaired) electrons. The highest BCUT2D eigenvalue weighted by Crippen LogP contribution is 2.32. The zero-order valence-electron chi connectivity index (χ0n) is 12.0. The fourth-order valence-electron chi connectivity index (χ4n) is 3.68. The molecule has 0 aliphatic carbocycles. The summed E-state index contributed by atoms with van der Waals surface area (Å²) >= 11 is 0. The summed E-state index contributed by atoms with van der Waals surface area (Å²) in [6, 6.07) is 8.76. The molecule has 108 valence electrons. The van der Waals surface area contributed by atoms with Gasteiger partial charge in [-0.25, -0.2) is 0 Å². The predicted octanol–water partition coefficient (Wildman–Crippen LogP) is 2.01. The van der Waals surface area contributed by atoms with Crippen molar-refractivity contribution in [3.63, 3.8) is 0 Å². The van der Waals surface area contributed by atoms with Crippen molar-refractivity contribution in [1.29, 1.82) is 0 Å². The van der Waals surface area contributed by atoms with E-state index in [1.807, 2.05) is 12.1 Å². The summed E-state index contributed by atoms with van der Waals surface area (Å²) < 4.78 is 0. The Morgan fingerprint density at radius 3 is 2.65 bits per heavy atom. The molecule has 2 atom stereocenters. The van der Waals surface area contributed by atoms with E-state index in [4.69, 9.17) is 5.73 Å². The molecule has 0 aromatic heterocycles. The molecule has 1 aromatic carbocycles. The molecule has 0 saturated carbocycles. The van der Waals surface area contributed by atoms with Crippen LogP contribution in [0.1, 0.15) is 42.5 Å². The largest absolute Gasteiger partial charge is 0.399 e. The molecular formula is C16H23N3O. The summed E-state index contributed by atoms with van der Waals surface area (Å²) in [5, 5.41) is 3.19. The fourth-order valence-corrected chi connectivity index (χ4v) is 3.68. The van der Waals surface area contributed by atoms with Gasteiger partial charge in [0, 0.05) is 29.4 Å². The lowest BCUT2D eigenvalue weighted by atomic mass is 9.82. The third-order valence-corrected chi connectivity index (χ3v) is 4.82. The number of carbonyl (C=O) groups is 1. The Hall–Kier alpha value is -1.55. The number of nitrogen functional groups attached to an aromatic ring is 1. The molecule has 2 saturated heterocycles. The number of rotatable bonds is 2. The molecule has 20 heavy (non-hydrogen) atoms. The van der Waals surface area contributed by atoms with Crippen molar-refractivity contribution >= 4 is 11.6 Å². The van der Waals surface area contributed by atoms with E-state index in [1.165, 1.54) is 19.3 Å². The third kappa shape index (κ3) is 2.66. The minimum absolute atomic E-state index is 0.00456. The summed E-state index contributed by atoms with van der Waals surface area (Å²) in [5.74, 6) is 0.00456. The van der Waals surface area contributed by atoms with E-state index in [0.29, 0.717) is 29.4 Å². The maximum absolute atomic E-state index is 12.3. The first kappa shape index (κ1) is 13.4. The minimum Gasteiger partial charge on any atom is -0.399 e. The summed E-state index contributed by atoms with van der Waals surface area (Å²) in [5.41, 5.74) is 7.03. The molecule has 3 rings (SSSR count). The van der Waals surface area contributed by atoms with Crippen LogP contribution in [-0.4, -0.2) is 36.0 Å². The number of benzene rings is 1. The lowest BCUT2D eigenvalue weighted by Gasteiger charge is -2.47. The van der Waals surface area contributed by atoms with Crippen molar-refractivity contribution in [2.75, 3.05) is 12.8 Å². The van der Waals surface area contributed by atoms with E-state index in [-0.39, 0.29) is 5.91 Å². The highest BCUT2D eigenvalue weighted by molar-refractivity contribution is 5.95. The Balaban J connectivity index is 1.65. The molecule has 0 spiro atoms. The molecule has 2 aliphatic rings. The number of hydrogen-bond acceptors (Lipinski definition) is 3. The van der Waals surface area contributed by atoms with Gasteiger partial charge in [0.05, 0.1) is 0 Å². The SMILES string of the molecule is CN1C2CCCC1CC(NC(=O)c1cccc(N)c1)C2. The Morgan fingerprint density at radius 1 is 1.30 bits per heavy atom. The van der Waals surface area contributed by atoms with Crippen molar-refractivity contribution in [1.82, 2.24) is 10.2 Å². The average molecular weight is 273 g/mol. The zero-order chi connectivity index (χ0) is 14.1. The molecule has 2 unspecified atom stereocenters. The number of nitrogens with two attached hydrogens (primary N) is 1. The first-order chi connectivity index (χ1) is 9.63. The highest BCUT2D eigenvalue weighted by atomic mass is 16.1. The normalized spacial score (nSPS) is 29.9. The standard InChI is InChI=1S/C16H23N3O/c1-19-14-6-3-7-15(19)10-13(9-14)18-16(20)11-4-2-5-12(17)8-11/h2,4-5,8,13-15H,3,6-7,9-10,17H2,1H3,(H,18,20). The Bertz CT molecular complexity index is 488. The summed E-state index contributed by atoms with van der Waals surface area (Å²) in [7, 11) is 2.23. The lowest BCUT2D eigenvalue weighted by Crippen LogP contribution is -2.55. The Labute approximate surface area is 120 Å². The first-order valence-corrected chi connectivity index (χ1v) is 7.52. The molecule has 4 nitrogen and oxygen atoms in total. The van der Waals surface area contributed by atoms with Gasteiger partial charge < -0.3 is 16.0 Å². The topological polar surface area (TPSA) is 58.4 Å². The summed E-state index contributed by atoms with van der Waals surface area (Å²) in [6.45, 7) is 0. The molecule has 2 fully saturated rings. The van der Waals surface area contributed by atoms with Crippen LogP contribution in [0.4, 0.5) is 5.69 Å². The van der Waals surface area contributed by atoms with Crippen molar-refractivity contribution in [3.8, 4) is 0 Å². The zero-order valence-corrected chi connectivity index (χ0v) is 12.0. The van der Waals surface area contributed by atoms with E-state index < -0.39 is 0 Å². The van der Waals surface area contributed by atoms with Gasteiger partial charge in [-0.05, 0) is 50.9 Å². The lowest BCUT2D eigenvalue weighted by molar-refractivity contribution is 0.0463. The van der Waals surface area contributed by atoms with Crippen LogP contribution in [0.5, 0.6) is 0 Å². The van der Waals surface area contributed by atoms with Gasteiger partial charge in [-0.15, -0.1) is 0 Å². The molecule has 1 aromatic rings. The van der Waals surface area contributed by atoms with Gasteiger partial charge in [-0.3, -0.25) is 4.79 Å². The summed E-state index contributed by atoms with van der Waals surface area (Å²) in [6.07, 6.45) is 5.99. The van der Waals surface area contributed by atoms with Gasteiger partial charge in [0.15, 0.2) is 0 Å².